The number of nitrogens with zero attached hydrogens (tertiary/aromatic N) is 1. The lowest BCUT2D eigenvalue weighted by molar-refractivity contribution is -0.126. The highest BCUT2D eigenvalue weighted by Gasteiger charge is 2.38. The normalized spacial score (nSPS) is 31.2. The topological polar surface area (TPSA) is 87.7 Å². The Balaban J connectivity index is 1.95. The minimum Gasteiger partial charge on any atom is -0.409 e. The maximum atomic E-state index is 12.1. The number of nitrogens with one attached hydrogen (secondary N) is 1. The molecule has 96 valence electrons. The van der Waals surface area contributed by atoms with Gasteiger partial charge in [0, 0.05) is 5.92 Å². The molecule has 0 aromatic heterocycles. The van der Waals surface area contributed by atoms with Crippen molar-refractivity contribution in [1.82, 2.24) is 5.32 Å². The van der Waals surface area contributed by atoms with E-state index in [2.05, 4.69) is 17.4 Å². The maximum Gasteiger partial charge on any atom is 0.223 e. The predicted molar refractivity (Wildman–Crippen MR) is 64.6 cm³/mol. The lowest BCUT2D eigenvalue weighted by Crippen LogP contribution is -2.48. The zero-order valence-electron chi connectivity index (χ0n) is 10.2. The number of amidine groups is 1. The van der Waals surface area contributed by atoms with Gasteiger partial charge in [0.2, 0.25) is 5.91 Å². The molecule has 3 unspecified atom stereocenters. The fourth-order valence-corrected chi connectivity index (χ4v) is 2.72. The first-order valence-electron chi connectivity index (χ1n) is 6.41. The third kappa shape index (κ3) is 2.70. The molecule has 0 bridgehead atoms. The number of rotatable bonds is 4. The lowest BCUT2D eigenvalue weighted by Gasteiger charge is -2.21. The second kappa shape index (κ2) is 4.94. The highest BCUT2D eigenvalue weighted by atomic mass is 16.4. The molecule has 3 atom stereocenters. The molecule has 2 aliphatic carbocycles. The van der Waals surface area contributed by atoms with E-state index in [0.717, 1.165) is 32.1 Å². The summed E-state index contributed by atoms with van der Waals surface area (Å²) < 4.78 is 0. The van der Waals surface area contributed by atoms with Crippen molar-refractivity contribution in [2.75, 3.05) is 0 Å². The lowest BCUT2D eigenvalue weighted by atomic mass is 9.96. The molecule has 2 saturated carbocycles. The van der Waals surface area contributed by atoms with Gasteiger partial charge in [-0.15, -0.1) is 0 Å². The number of oxime groups is 1. The molecular formula is C12H21N3O2. The molecule has 5 nitrogen and oxygen atoms in total. The molecule has 2 rings (SSSR count). The first-order chi connectivity index (χ1) is 8.13. The van der Waals surface area contributed by atoms with Crippen LogP contribution in [0, 0.1) is 17.8 Å². The molecule has 0 radical (unpaired) electrons. The van der Waals surface area contributed by atoms with Gasteiger partial charge in [-0.2, -0.15) is 0 Å². The van der Waals surface area contributed by atoms with E-state index < -0.39 is 0 Å². The second-order valence-corrected chi connectivity index (χ2v) is 5.36. The Bertz CT molecular complexity index is 326. The monoisotopic (exact) mass is 239 g/mol. The Labute approximate surface area is 101 Å². The molecule has 4 N–H and O–H groups in total. The summed E-state index contributed by atoms with van der Waals surface area (Å²) in [6.45, 7) is 2.12. The smallest absolute Gasteiger partial charge is 0.223 e. The van der Waals surface area contributed by atoms with Crippen LogP contribution in [0.15, 0.2) is 5.16 Å². The molecule has 17 heavy (non-hydrogen) atoms. The Kier molecular flexibility index (Phi) is 3.54. The van der Waals surface area contributed by atoms with Gasteiger partial charge in [-0.05, 0) is 37.5 Å². The molecule has 1 amide bonds. The first kappa shape index (κ1) is 12.2. The van der Waals surface area contributed by atoms with Crippen molar-refractivity contribution in [3.05, 3.63) is 0 Å². The quantitative estimate of drug-likeness (QED) is 0.297. The second-order valence-electron chi connectivity index (χ2n) is 5.36. The van der Waals surface area contributed by atoms with E-state index in [1.54, 1.807) is 0 Å². The van der Waals surface area contributed by atoms with Gasteiger partial charge in [0.05, 0.1) is 6.04 Å². The predicted octanol–water partition coefficient (Wildman–Crippen LogP) is 1.06. The van der Waals surface area contributed by atoms with Gasteiger partial charge in [0.1, 0.15) is 0 Å². The van der Waals surface area contributed by atoms with Gasteiger partial charge in [0.15, 0.2) is 5.84 Å². The van der Waals surface area contributed by atoms with Gasteiger partial charge in [-0.1, -0.05) is 18.5 Å². The Morgan fingerprint density at radius 2 is 2.12 bits per heavy atom. The molecule has 5 heteroatoms. The van der Waals surface area contributed by atoms with E-state index >= 15 is 0 Å². The van der Waals surface area contributed by atoms with E-state index in [-0.39, 0.29) is 23.7 Å². The minimum atomic E-state index is -0.278. The van der Waals surface area contributed by atoms with Crippen molar-refractivity contribution in [3.63, 3.8) is 0 Å². The molecule has 2 fully saturated rings. The summed E-state index contributed by atoms with van der Waals surface area (Å²) >= 11 is 0. The Morgan fingerprint density at radius 3 is 2.59 bits per heavy atom. The third-order valence-corrected chi connectivity index (χ3v) is 4.02. The summed E-state index contributed by atoms with van der Waals surface area (Å²) in [5.41, 5.74) is 5.63. The summed E-state index contributed by atoms with van der Waals surface area (Å²) in [6, 6.07) is -0.278. The number of carbonyl (C=O) groups excluding carboxylic acids is 1. The van der Waals surface area contributed by atoms with Gasteiger partial charge in [-0.25, -0.2) is 0 Å². The van der Waals surface area contributed by atoms with Crippen LogP contribution in [0.1, 0.15) is 39.0 Å². The molecule has 0 aliphatic heterocycles. The maximum absolute atomic E-state index is 12.1. The molecule has 0 saturated heterocycles. The van der Waals surface area contributed by atoms with Crippen LogP contribution in [-0.2, 0) is 4.79 Å². The van der Waals surface area contributed by atoms with Gasteiger partial charge in [0.25, 0.3) is 0 Å². The SMILES string of the molecule is CC1CCCC1C(=O)NC(C(N)=NO)C1CC1. The van der Waals surface area contributed by atoms with Gasteiger partial charge in [-0.3, -0.25) is 4.79 Å². The number of hydrogen-bond donors (Lipinski definition) is 3. The van der Waals surface area contributed by atoms with Crippen molar-refractivity contribution in [3.8, 4) is 0 Å². The van der Waals surface area contributed by atoms with Crippen molar-refractivity contribution in [2.45, 2.75) is 45.1 Å². The summed E-state index contributed by atoms with van der Waals surface area (Å²) in [6.07, 6.45) is 5.29. The zero-order chi connectivity index (χ0) is 12.4. The number of hydrogen-bond acceptors (Lipinski definition) is 3. The zero-order valence-corrected chi connectivity index (χ0v) is 10.2. The number of carbonyl (C=O) groups is 1. The standard InChI is InChI=1S/C12H21N3O2/c1-7-3-2-4-9(7)12(16)14-10(8-5-6-8)11(13)15-17/h7-10,17H,2-6H2,1H3,(H2,13,15)(H,14,16). The average Bonchev–Trinajstić information content (AvgIpc) is 3.07. The van der Waals surface area contributed by atoms with E-state index in [1.807, 2.05) is 0 Å². The van der Waals surface area contributed by atoms with E-state index in [1.165, 1.54) is 0 Å². The van der Waals surface area contributed by atoms with Crippen LogP contribution in [-0.4, -0.2) is 23.0 Å². The highest BCUT2D eigenvalue weighted by Crippen LogP contribution is 2.35. The van der Waals surface area contributed by atoms with E-state index in [0.29, 0.717) is 11.8 Å². The average molecular weight is 239 g/mol. The molecule has 0 spiro atoms. The molecular weight excluding hydrogens is 218 g/mol. The summed E-state index contributed by atoms with van der Waals surface area (Å²) in [7, 11) is 0. The van der Waals surface area contributed by atoms with Crippen molar-refractivity contribution >= 4 is 11.7 Å². The molecule has 0 aromatic carbocycles. The van der Waals surface area contributed by atoms with Crippen LogP contribution in [0.3, 0.4) is 0 Å². The molecule has 0 aromatic rings. The third-order valence-electron chi connectivity index (χ3n) is 4.02. The van der Waals surface area contributed by atoms with Crippen molar-refractivity contribution < 1.29 is 10.0 Å². The van der Waals surface area contributed by atoms with E-state index in [9.17, 15) is 4.79 Å². The Morgan fingerprint density at radius 1 is 1.41 bits per heavy atom. The number of amides is 1. The highest BCUT2D eigenvalue weighted by molar-refractivity contribution is 5.91. The van der Waals surface area contributed by atoms with Gasteiger partial charge < -0.3 is 16.3 Å². The summed E-state index contributed by atoms with van der Waals surface area (Å²) in [5.74, 6) is 1.10. The van der Waals surface area contributed by atoms with Crippen LogP contribution in [0.2, 0.25) is 0 Å². The van der Waals surface area contributed by atoms with Crippen LogP contribution in [0.25, 0.3) is 0 Å². The number of nitrogens with two attached hydrogens (primary N) is 1. The van der Waals surface area contributed by atoms with Crippen LogP contribution in [0.4, 0.5) is 0 Å². The van der Waals surface area contributed by atoms with E-state index in [4.69, 9.17) is 10.9 Å². The van der Waals surface area contributed by atoms with Gasteiger partial charge >= 0.3 is 0 Å². The summed E-state index contributed by atoms with van der Waals surface area (Å²) in [5, 5.41) is 14.7. The fraction of sp³-hybridized carbons (Fsp3) is 0.833. The largest absolute Gasteiger partial charge is 0.409 e. The first-order valence-corrected chi connectivity index (χ1v) is 6.41. The minimum absolute atomic E-state index is 0.0681. The van der Waals surface area contributed by atoms with Crippen LogP contribution < -0.4 is 11.1 Å². The fourth-order valence-electron chi connectivity index (χ4n) is 2.72. The summed E-state index contributed by atoms with van der Waals surface area (Å²) in [4.78, 5) is 12.1. The Hall–Kier alpha value is -1.26. The van der Waals surface area contributed by atoms with Crippen molar-refractivity contribution in [1.29, 1.82) is 0 Å². The molecule has 0 heterocycles. The molecule has 2 aliphatic rings. The van der Waals surface area contributed by atoms with Crippen LogP contribution in [0.5, 0.6) is 0 Å². The van der Waals surface area contributed by atoms with Crippen LogP contribution >= 0.6 is 0 Å². The van der Waals surface area contributed by atoms with Crippen molar-refractivity contribution in [2.24, 2.45) is 28.6 Å².